The predicted molar refractivity (Wildman–Crippen MR) is 30.5 cm³/mol. The van der Waals surface area contributed by atoms with Gasteiger partial charge in [0.25, 0.3) is 0 Å². The summed E-state index contributed by atoms with van der Waals surface area (Å²) in [7, 11) is 0. The van der Waals surface area contributed by atoms with E-state index < -0.39 is 0 Å². The van der Waals surface area contributed by atoms with Crippen LogP contribution in [0.25, 0.3) is 0 Å². The summed E-state index contributed by atoms with van der Waals surface area (Å²) >= 11 is 5.64. The van der Waals surface area contributed by atoms with Crippen molar-refractivity contribution < 1.29 is 0 Å². The Morgan fingerprint density at radius 3 is 2.57 bits per heavy atom. The highest BCUT2D eigenvalue weighted by Gasteiger charge is 2.05. The number of rotatable bonds is 0. The zero-order chi connectivity index (χ0) is 5.11. The predicted octanol–water partition coefficient (Wildman–Crippen LogP) is -0.256. The van der Waals surface area contributed by atoms with Crippen LogP contribution in [0.15, 0.2) is 0 Å². The molecule has 0 aliphatic carbocycles. The second-order valence-corrected chi connectivity index (χ2v) is 2.15. The smallest absolute Gasteiger partial charge is 0.0952 e. The van der Waals surface area contributed by atoms with Crippen LogP contribution in [0.1, 0.15) is 0 Å². The van der Waals surface area contributed by atoms with Gasteiger partial charge in [-0.25, -0.2) is 0 Å². The summed E-state index contributed by atoms with van der Waals surface area (Å²) in [5.41, 5.74) is 0.147. The fourth-order valence-electron chi connectivity index (χ4n) is 0.618. The molecule has 0 saturated carbocycles. The summed E-state index contributed by atoms with van der Waals surface area (Å²) in [6, 6.07) is 0. The second kappa shape index (κ2) is 2.50. The highest BCUT2D eigenvalue weighted by atomic mass is 35.5. The third-order valence-corrected chi connectivity index (χ3v) is 1.30. The zero-order valence-corrected chi connectivity index (χ0v) is 4.83. The van der Waals surface area contributed by atoms with Crippen LogP contribution in [0.3, 0.4) is 0 Å². The molecule has 1 saturated heterocycles. The van der Waals surface area contributed by atoms with Crippen molar-refractivity contribution >= 4 is 11.6 Å². The lowest BCUT2D eigenvalue weighted by atomic mass is 10.4. The first-order valence-corrected chi connectivity index (χ1v) is 2.91. The van der Waals surface area contributed by atoms with Gasteiger partial charge >= 0.3 is 0 Å². The SMILES string of the molecule is ClC1CNCCN1. The molecule has 0 spiro atoms. The van der Waals surface area contributed by atoms with Gasteiger partial charge in [0.05, 0.1) is 5.50 Å². The van der Waals surface area contributed by atoms with Gasteiger partial charge in [0.15, 0.2) is 0 Å². The summed E-state index contributed by atoms with van der Waals surface area (Å²) < 4.78 is 0. The lowest BCUT2D eigenvalue weighted by Gasteiger charge is -2.17. The van der Waals surface area contributed by atoms with E-state index in [2.05, 4.69) is 10.6 Å². The maximum atomic E-state index is 5.64. The van der Waals surface area contributed by atoms with Crippen LogP contribution in [-0.4, -0.2) is 25.1 Å². The van der Waals surface area contributed by atoms with Crippen LogP contribution in [0.4, 0.5) is 0 Å². The van der Waals surface area contributed by atoms with E-state index in [1.165, 1.54) is 0 Å². The van der Waals surface area contributed by atoms with Gasteiger partial charge in [0, 0.05) is 19.6 Å². The maximum Gasteiger partial charge on any atom is 0.0952 e. The zero-order valence-electron chi connectivity index (χ0n) is 4.08. The van der Waals surface area contributed by atoms with E-state index >= 15 is 0 Å². The molecule has 0 radical (unpaired) electrons. The van der Waals surface area contributed by atoms with Crippen LogP contribution in [-0.2, 0) is 0 Å². The normalized spacial score (nSPS) is 33.0. The first-order valence-electron chi connectivity index (χ1n) is 2.48. The Hall–Kier alpha value is 0.210. The Morgan fingerprint density at radius 1 is 1.43 bits per heavy atom. The Labute approximate surface area is 48.2 Å². The number of halogens is 1. The van der Waals surface area contributed by atoms with Gasteiger partial charge in [-0.15, -0.1) is 11.6 Å². The van der Waals surface area contributed by atoms with Gasteiger partial charge in [-0.3, -0.25) is 5.32 Å². The van der Waals surface area contributed by atoms with Crippen molar-refractivity contribution in [2.24, 2.45) is 0 Å². The molecule has 2 nitrogen and oxygen atoms in total. The van der Waals surface area contributed by atoms with E-state index in [4.69, 9.17) is 11.6 Å². The Balaban J connectivity index is 2.12. The number of hydrogen-bond acceptors (Lipinski definition) is 2. The molecule has 0 amide bonds. The van der Waals surface area contributed by atoms with Crippen molar-refractivity contribution in [3.05, 3.63) is 0 Å². The van der Waals surface area contributed by atoms with Gasteiger partial charge in [0.1, 0.15) is 0 Å². The van der Waals surface area contributed by atoms with Gasteiger partial charge in [-0.1, -0.05) is 0 Å². The highest BCUT2D eigenvalue weighted by Crippen LogP contribution is 1.89. The Bertz CT molecular complexity index is 51.7. The molecule has 1 aliphatic heterocycles. The Morgan fingerprint density at radius 2 is 2.29 bits per heavy atom. The van der Waals surface area contributed by atoms with Crippen LogP contribution < -0.4 is 10.6 Å². The van der Waals surface area contributed by atoms with Crippen molar-refractivity contribution in [3.63, 3.8) is 0 Å². The summed E-state index contributed by atoms with van der Waals surface area (Å²) in [5, 5.41) is 6.22. The molecule has 1 fully saturated rings. The van der Waals surface area contributed by atoms with Gasteiger partial charge in [-0.2, -0.15) is 0 Å². The molecule has 0 bridgehead atoms. The summed E-state index contributed by atoms with van der Waals surface area (Å²) in [6.07, 6.45) is 0. The monoisotopic (exact) mass is 120 g/mol. The minimum absolute atomic E-state index is 0.147. The van der Waals surface area contributed by atoms with Crippen molar-refractivity contribution in [1.29, 1.82) is 0 Å². The number of piperazine rings is 1. The van der Waals surface area contributed by atoms with E-state index in [9.17, 15) is 0 Å². The van der Waals surface area contributed by atoms with Crippen molar-refractivity contribution in [2.75, 3.05) is 19.6 Å². The van der Waals surface area contributed by atoms with E-state index in [-0.39, 0.29) is 5.50 Å². The maximum absolute atomic E-state index is 5.64. The fourth-order valence-corrected chi connectivity index (χ4v) is 0.836. The molecular formula is C4H9ClN2. The third-order valence-electron chi connectivity index (χ3n) is 0.991. The lowest BCUT2D eigenvalue weighted by molar-refractivity contribution is 0.501. The molecule has 3 heteroatoms. The minimum atomic E-state index is 0.147. The average molecular weight is 121 g/mol. The quantitative estimate of drug-likeness (QED) is 0.340. The molecule has 1 unspecified atom stereocenters. The van der Waals surface area contributed by atoms with Gasteiger partial charge in [-0.05, 0) is 0 Å². The first-order chi connectivity index (χ1) is 3.39. The molecule has 0 aromatic carbocycles. The van der Waals surface area contributed by atoms with E-state index in [1.54, 1.807) is 0 Å². The average Bonchev–Trinajstić information content (AvgIpc) is 1.69. The highest BCUT2D eigenvalue weighted by molar-refractivity contribution is 6.20. The van der Waals surface area contributed by atoms with Gasteiger partial charge < -0.3 is 5.32 Å². The van der Waals surface area contributed by atoms with Crippen LogP contribution >= 0.6 is 11.6 Å². The summed E-state index contributed by atoms with van der Waals surface area (Å²) in [4.78, 5) is 0. The molecule has 1 atom stereocenters. The minimum Gasteiger partial charge on any atom is -0.313 e. The second-order valence-electron chi connectivity index (χ2n) is 1.63. The van der Waals surface area contributed by atoms with E-state index in [0.717, 1.165) is 19.6 Å². The topological polar surface area (TPSA) is 24.1 Å². The first kappa shape index (κ1) is 5.35. The fraction of sp³-hybridized carbons (Fsp3) is 1.00. The lowest BCUT2D eigenvalue weighted by Crippen LogP contribution is -2.45. The largest absolute Gasteiger partial charge is 0.313 e. The number of hydrogen-bond donors (Lipinski definition) is 2. The van der Waals surface area contributed by atoms with E-state index in [1.807, 2.05) is 0 Å². The molecule has 7 heavy (non-hydrogen) atoms. The van der Waals surface area contributed by atoms with Crippen molar-refractivity contribution in [1.82, 2.24) is 10.6 Å². The van der Waals surface area contributed by atoms with Crippen LogP contribution in [0.5, 0.6) is 0 Å². The van der Waals surface area contributed by atoms with Crippen LogP contribution in [0.2, 0.25) is 0 Å². The molecule has 42 valence electrons. The third kappa shape index (κ3) is 1.63. The molecule has 1 heterocycles. The standard InChI is InChI=1S/C4H9ClN2/c5-4-3-6-1-2-7-4/h4,6-7H,1-3H2. The molecule has 0 aromatic rings. The van der Waals surface area contributed by atoms with Crippen LogP contribution in [0, 0.1) is 0 Å². The molecule has 2 N–H and O–H groups in total. The van der Waals surface area contributed by atoms with Crippen molar-refractivity contribution in [2.45, 2.75) is 5.50 Å². The summed E-state index contributed by atoms with van der Waals surface area (Å²) in [6.45, 7) is 2.93. The van der Waals surface area contributed by atoms with Crippen molar-refractivity contribution in [3.8, 4) is 0 Å². The molecule has 1 aliphatic rings. The molecule has 1 rings (SSSR count). The molecular weight excluding hydrogens is 112 g/mol. The van der Waals surface area contributed by atoms with E-state index in [0.29, 0.717) is 0 Å². The number of nitrogens with one attached hydrogen (secondary N) is 2. The number of alkyl halides is 1. The van der Waals surface area contributed by atoms with Gasteiger partial charge in [0.2, 0.25) is 0 Å². The Kier molecular flexibility index (Phi) is 1.91. The summed E-state index contributed by atoms with van der Waals surface area (Å²) in [5.74, 6) is 0. The molecule has 0 aromatic heterocycles.